The van der Waals surface area contributed by atoms with Crippen molar-refractivity contribution >= 4 is 0 Å². The second kappa shape index (κ2) is 5.28. The SMILES string of the molecule is NCC1CCCN(CCn2ccnc2)C1. The minimum absolute atomic E-state index is 0.710. The monoisotopic (exact) mass is 208 g/mol. The number of nitrogens with zero attached hydrogens (tertiary/aromatic N) is 3. The molecule has 84 valence electrons. The van der Waals surface area contributed by atoms with Gasteiger partial charge in [0.15, 0.2) is 0 Å². The van der Waals surface area contributed by atoms with E-state index < -0.39 is 0 Å². The van der Waals surface area contributed by atoms with Crippen LogP contribution in [-0.2, 0) is 6.54 Å². The standard InChI is InChI=1S/C11H20N4/c12-8-11-2-1-4-14(9-11)6-7-15-5-3-13-10-15/h3,5,10-11H,1-2,4,6-9,12H2. The lowest BCUT2D eigenvalue weighted by atomic mass is 9.98. The summed E-state index contributed by atoms with van der Waals surface area (Å²) >= 11 is 0. The summed E-state index contributed by atoms with van der Waals surface area (Å²) in [5, 5.41) is 0. The van der Waals surface area contributed by atoms with Crippen molar-refractivity contribution in [2.75, 3.05) is 26.2 Å². The number of hydrogen-bond acceptors (Lipinski definition) is 3. The van der Waals surface area contributed by atoms with Gasteiger partial charge in [-0.2, -0.15) is 0 Å². The van der Waals surface area contributed by atoms with Crippen molar-refractivity contribution in [3.63, 3.8) is 0 Å². The predicted molar refractivity (Wildman–Crippen MR) is 60.4 cm³/mol. The summed E-state index contributed by atoms with van der Waals surface area (Å²) in [7, 11) is 0. The highest BCUT2D eigenvalue weighted by molar-refractivity contribution is 4.77. The van der Waals surface area contributed by atoms with Crippen LogP contribution in [0.3, 0.4) is 0 Å². The molecule has 0 aliphatic carbocycles. The Balaban J connectivity index is 1.74. The van der Waals surface area contributed by atoms with Gasteiger partial charge in [0, 0.05) is 32.0 Å². The van der Waals surface area contributed by atoms with Gasteiger partial charge in [0.05, 0.1) is 6.33 Å². The predicted octanol–water partition coefficient (Wildman–Crippen LogP) is 0.554. The first kappa shape index (κ1) is 10.6. The van der Waals surface area contributed by atoms with Crippen molar-refractivity contribution < 1.29 is 0 Å². The van der Waals surface area contributed by atoms with E-state index in [1.807, 2.05) is 18.7 Å². The number of nitrogens with two attached hydrogens (primary N) is 1. The molecule has 1 aromatic rings. The summed E-state index contributed by atoms with van der Waals surface area (Å²) in [6.07, 6.45) is 8.33. The lowest BCUT2D eigenvalue weighted by Crippen LogP contribution is -2.39. The second-order valence-electron chi connectivity index (χ2n) is 4.35. The van der Waals surface area contributed by atoms with Crippen LogP contribution >= 0.6 is 0 Å². The van der Waals surface area contributed by atoms with Gasteiger partial charge < -0.3 is 15.2 Å². The zero-order chi connectivity index (χ0) is 10.5. The third-order valence-corrected chi connectivity index (χ3v) is 3.17. The van der Waals surface area contributed by atoms with Gasteiger partial charge in [0.25, 0.3) is 0 Å². The average Bonchev–Trinajstić information content (AvgIpc) is 2.79. The normalized spacial score (nSPS) is 23.1. The van der Waals surface area contributed by atoms with Crippen LogP contribution in [0, 0.1) is 5.92 Å². The molecule has 0 bridgehead atoms. The Morgan fingerprint density at radius 2 is 2.33 bits per heavy atom. The highest BCUT2D eigenvalue weighted by atomic mass is 15.2. The fourth-order valence-corrected chi connectivity index (χ4v) is 2.22. The van der Waals surface area contributed by atoms with Crippen LogP contribution in [0.5, 0.6) is 0 Å². The minimum Gasteiger partial charge on any atom is -0.336 e. The van der Waals surface area contributed by atoms with Gasteiger partial charge in [-0.05, 0) is 31.8 Å². The molecule has 1 fully saturated rings. The topological polar surface area (TPSA) is 47.1 Å². The van der Waals surface area contributed by atoms with E-state index in [1.165, 1.54) is 25.9 Å². The number of rotatable bonds is 4. The summed E-state index contributed by atoms with van der Waals surface area (Å²) in [5.74, 6) is 0.710. The van der Waals surface area contributed by atoms with Crippen molar-refractivity contribution in [3.8, 4) is 0 Å². The van der Waals surface area contributed by atoms with Crippen LogP contribution in [0.4, 0.5) is 0 Å². The van der Waals surface area contributed by atoms with E-state index in [1.54, 1.807) is 0 Å². The van der Waals surface area contributed by atoms with E-state index in [0.717, 1.165) is 19.6 Å². The fourth-order valence-electron chi connectivity index (χ4n) is 2.22. The van der Waals surface area contributed by atoms with E-state index in [-0.39, 0.29) is 0 Å². The third-order valence-electron chi connectivity index (χ3n) is 3.17. The average molecular weight is 208 g/mol. The maximum atomic E-state index is 5.71. The van der Waals surface area contributed by atoms with Crippen LogP contribution in [-0.4, -0.2) is 40.6 Å². The highest BCUT2D eigenvalue weighted by Gasteiger charge is 2.17. The molecular weight excluding hydrogens is 188 g/mol. The van der Waals surface area contributed by atoms with Crippen molar-refractivity contribution in [1.82, 2.24) is 14.5 Å². The van der Waals surface area contributed by atoms with Gasteiger partial charge >= 0.3 is 0 Å². The first-order chi connectivity index (χ1) is 7.38. The molecule has 1 aliphatic heterocycles. The highest BCUT2D eigenvalue weighted by Crippen LogP contribution is 2.14. The molecule has 4 heteroatoms. The van der Waals surface area contributed by atoms with Crippen LogP contribution in [0.2, 0.25) is 0 Å². The summed E-state index contributed by atoms with van der Waals surface area (Å²) in [5.41, 5.74) is 5.71. The summed E-state index contributed by atoms with van der Waals surface area (Å²) in [4.78, 5) is 6.56. The van der Waals surface area contributed by atoms with Crippen LogP contribution < -0.4 is 5.73 Å². The largest absolute Gasteiger partial charge is 0.336 e. The molecule has 0 amide bonds. The van der Waals surface area contributed by atoms with E-state index in [4.69, 9.17) is 5.73 Å². The Bertz CT molecular complexity index is 270. The van der Waals surface area contributed by atoms with E-state index in [2.05, 4.69) is 14.5 Å². The Morgan fingerprint density at radius 1 is 1.40 bits per heavy atom. The van der Waals surface area contributed by atoms with Crippen molar-refractivity contribution in [2.24, 2.45) is 11.7 Å². The molecule has 1 saturated heterocycles. The zero-order valence-electron chi connectivity index (χ0n) is 9.18. The molecular formula is C11H20N4. The van der Waals surface area contributed by atoms with Gasteiger partial charge in [-0.3, -0.25) is 0 Å². The number of likely N-dealkylation sites (tertiary alicyclic amines) is 1. The molecule has 4 nitrogen and oxygen atoms in total. The molecule has 2 N–H and O–H groups in total. The first-order valence-corrected chi connectivity index (χ1v) is 5.76. The molecule has 1 atom stereocenters. The number of piperidine rings is 1. The number of aromatic nitrogens is 2. The molecule has 0 spiro atoms. The van der Waals surface area contributed by atoms with Crippen LogP contribution in [0.25, 0.3) is 0 Å². The van der Waals surface area contributed by atoms with Crippen molar-refractivity contribution in [2.45, 2.75) is 19.4 Å². The lowest BCUT2D eigenvalue weighted by molar-refractivity contribution is 0.172. The van der Waals surface area contributed by atoms with Gasteiger partial charge in [0.2, 0.25) is 0 Å². The quantitative estimate of drug-likeness (QED) is 0.786. The first-order valence-electron chi connectivity index (χ1n) is 5.76. The van der Waals surface area contributed by atoms with Gasteiger partial charge in [0.1, 0.15) is 0 Å². The fraction of sp³-hybridized carbons (Fsp3) is 0.727. The third kappa shape index (κ3) is 3.04. The van der Waals surface area contributed by atoms with Crippen LogP contribution in [0.1, 0.15) is 12.8 Å². The zero-order valence-corrected chi connectivity index (χ0v) is 9.18. The Morgan fingerprint density at radius 3 is 3.07 bits per heavy atom. The molecule has 2 rings (SSSR count). The summed E-state index contributed by atoms with van der Waals surface area (Å²) in [6, 6.07) is 0. The maximum absolute atomic E-state index is 5.71. The molecule has 15 heavy (non-hydrogen) atoms. The molecule has 1 aromatic heterocycles. The molecule has 1 aliphatic rings. The lowest BCUT2D eigenvalue weighted by Gasteiger charge is -2.32. The molecule has 0 saturated carbocycles. The maximum Gasteiger partial charge on any atom is 0.0946 e. The minimum atomic E-state index is 0.710. The van der Waals surface area contributed by atoms with Crippen molar-refractivity contribution in [1.29, 1.82) is 0 Å². The summed E-state index contributed by atoms with van der Waals surface area (Å²) in [6.45, 7) is 5.39. The molecule has 1 unspecified atom stereocenters. The van der Waals surface area contributed by atoms with Crippen molar-refractivity contribution in [3.05, 3.63) is 18.7 Å². The Labute approximate surface area is 91.1 Å². The van der Waals surface area contributed by atoms with Gasteiger partial charge in [-0.1, -0.05) is 0 Å². The van der Waals surface area contributed by atoms with E-state index in [9.17, 15) is 0 Å². The Kier molecular flexibility index (Phi) is 3.75. The smallest absolute Gasteiger partial charge is 0.0946 e. The van der Waals surface area contributed by atoms with E-state index in [0.29, 0.717) is 5.92 Å². The number of hydrogen-bond donors (Lipinski definition) is 1. The molecule has 2 heterocycles. The van der Waals surface area contributed by atoms with Gasteiger partial charge in [-0.25, -0.2) is 4.98 Å². The Hall–Kier alpha value is -0.870. The number of imidazole rings is 1. The van der Waals surface area contributed by atoms with E-state index >= 15 is 0 Å². The summed E-state index contributed by atoms with van der Waals surface area (Å²) < 4.78 is 2.13. The second-order valence-corrected chi connectivity index (χ2v) is 4.35. The van der Waals surface area contributed by atoms with Crippen LogP contribution in [0.15, 0.2) is 18.7 Å². The molecule has 0 radical (unpaired) electrons. The molecule has 0 aromatic carbocycles. The van der Waals surface area contributed by atoms with Gasteiger partial charge in [-0.15, -0.1) is 0 Å².